The number of nitrogens with one attached hydrogen (secondary N) is 1. The van der Waals surface area contributed by atoms with Crippen LogP contribution in [0.3, 0.4) is 0 Å². The predicted octanol–water partition coefficient (Wildman–Crippen LogP) is 4.16. The van der Waals surface area contributed by atoms with Gasteiger partial charge in [-0.15, -0.1) is 0 Å². The Labute approximate surface area is 126 Å². The minimum Gasteiger partial charge on any atom is -0.325 e. The Bertz CT molecular complexity index is 705. The molecule has 114 valence electrons. The second kappa shape index (κ2) is 5.48. The van der Waals surface area contributed by atoms with E-state index in [0.717, 1.165) is 24.6 Å². The van der Waals surface area contributed by atoms with Crippen LogP contribution < -0.4 is 5.32 Å². The molecule has 1 aliphatic carbocycles. The Kier molecular flexibility index (Phi) is 3.64. The van der Waals surface area contributed by atoms with E-state index in [1.54, 1.807) is 12.1 Å². The Morgan fingerprint density at radius 1 is 0.955 bits per heavy atom. The maximum atomic E-state index is 13.4. The average molecular weight is 305 g/mol. The number of amides is 1. The van der Waals surface area contributed by atoms with Crippen LogP contribution in [0.1, 0.15) is 24.8 Å². The van der Waals surface area contributed by atoms with E-state index in [4.69, 9.17) is 0 Å². The summed E-state index contributed by atoms with van der Waals surface area (Å²) < 4.78 is 39.8. The zero-order chi connectivity index (χ0) is 15.7. The van der Waals surface area contributed by atoms with E-state index in [0.29, 0.717) is 18.4 Å². The predicted molar refractivity (Wildman–Crippen MR) is 76.9 cm³/mol. The van der Waals surface area contributed by atoms with Gasteiger partial charge in [-0.1, -0.05) is 18.6 Å². The number of carbonyl (C=O) groups excluding carboxylic acids is 1. The molecule has 0 aliphatic heterocycles. The quantitative estimate of drug-likeness (QED) is 0.906. The standard InChI is InChI=1S/C17H14F3NO/c18-12-4-1-3-11(7-12)17(5-2-6-17)16(22)21-15-9-13(19)8-14(20)10-15/h1,3-4,7-10H,2,5-6H2,(H,21,22). The van der Waals surface area contributed by atoms with Crippen LogP contribution in [-0.2, 0) is 10.2 Å². The molecular weight excluding hydrogens is 291 g/mol. The summed E-state index contributed by atoms with van der Waals surface area (Å²) in [7, 11) is 0. The number of rotatable bonds is 3. The van der Waals surface area contributed by atoms with Crippen molar-refractivity contribution in [3.8, 4) is 0 Å². The van der Waals surface area contributed by atoms with Crippen LogP contribution in [-0.4, -0.2) is 5.91 Å². The third-order valence-corrected chi connectivity index (χ3v) is 4.14. The summed E-state index contributed by atoms with van der Waals surface area (Å²) in [6.45, 7) is 0. The van der Waals surface area contributed by atoms with Gasteiger partial charge in [0.2, 0.25) is 5.91 Å². The monoisotopic (exact) mass is 305 g/mol. The maximum Gasteiger partial charge on any atom is 0.235 e. The first kappa shape index (κ1) is 14.6. The zero-order valence-corrected chi connectivity index (χ0v) is 11.7. The normalized spacial score (nSPS) is 16.0. The van der Waals surface area contributed by atoms with Crippen molar-refractivity contribution in [2.45, 2.75) is 24.7 Å². The molecule has 2 nitrogen and oxygen atoms in total. The lowest BCUT2D eigenvalue weighted by molar-refractivity contribution is -0.124. The van der Waals surface area contributed by atoms with Gasteiger partial charge < -0.3 is 5.32 Å². The molecule has 3 rings (SSSR count). The van der Waals surface area contributed by atoms with Gasteiger partial charge in [0.1, 0.15) is 17.5 Å². The summed E-state index contributed by atoms with van der Waals surface area (Å²) >= 11 is 0. The van der Waals surface area contributed by atoms with Gasteiger partial charge in [-0.2, -0.15) is 0 Å². The van der Waals surface area contributed by atoms with Gasteiger partial charge in [0.15, 0.2) is 0 Å². The number of hydrogen-bond acceptors (Lipinski definition) is 1. The van der Waals surface area contributed by atoms with Crippen molar-refractivity contribution >= 4 is 11.6 Å². The van der Waals surface area contributed by atoms with Gasteiger partial charge in [0.25, 0.3) is 0 Å². The van der Waals surface area contributed by atoms with Crippen LogP contribution in [0.25, 0.3) is 0 Å². The number of benzene rings is 2. The van der Waals surface area contributed by atoms with Gasteiger partial charge in [-0.3, -0.25) is 4.79 Å². The molecule has 2 aromatic carbocycles. The lowest BCUT2D eigenvalue weighted by Gasteiger charge is -2.40. The highest BCUT2D eigenvalue weighted by atomic mass is 19.1. The average Bonchev–Trinajstić information content (AvgIpc) is 2.35. The van der Waals surface area contributed by atoms with Crippen molar-refractivity contribution in [2.24, 2.45) is 0 Å². The Morgan fingerprint density at radius 2 is 1.64 bits per heavy atom. The van der Waals surface area contributed by atoms with Gasteiger partial charge in [0, 0.05) is 11.8 Å². The molecule has 1 N–H and O–H groups in total. The third-order valence-electron chi connectivity index (χ3n) is 4.14. The van der Waals surface area contributed by atoms with E-state index < -0.39 is 22.9 Å². The van der Waals surface area contributed by atoms with Crippen LogP contribution in [0.15, 0.2) is 42.5 Å². The summed E-state index contributed by atoms with van der Waals surface area (Å²) in [5.41, 5.74) is -0.177. The molecule has 1 fully saturated rings. The summed E-state index contributed by atoms with van der Waals surface area (Å²) in [6, 6.07) is 8.76. The van der Waals surface area contributed by atoms with Crippen molar-refractivity contribution < 1.29 is 18.0 Å². The Hall–Kier alpha value is -2.30. The highest BCUT2D eigenvalue weighted by Gasteiger charge is 2.45. The van der Waals surface area contributed by atoms with Crippen molar-refractivity contribution in [1.82, 2.24) is 0 Å². The van der Waals surface area contributed by atoms with Crippen LogP contribution in [0.4, 0.5) is 18.9 Å². The second-order valence-electron chi connectivity index (χ2n) is 5.56. The minimum absolute atomic E-state index is 0.0604. The largest absolute Gasteiger partial charge is 0.325 e. The highest BCUT2D eigenvalue weighted by Crippen LogP contribution is 2.44. The summed E-state index contributed by atoms with van der Waals surface area (Å²) in [5.74, 6) is -2.30. The molecule has 1 saturated carbocycles. The number of halogens is 3. The summed E-state index contributed by atoms with van der Waals surface area (Å²) in [4.78, 5) is 12.6. The molecule has 0 heterocycles. The van der Waals surface area contributed by atoms with Crippen LogP contribution in [0, 0.1) is 17.5 Å². The van der Waals surface area contributed by atoms with E-state index in [9.17, 15) is 18.0 Å². The van der Waals surface area contributed by atoms with Crippen LogP contribution in [0.5, 0.6) is 0 Å². The number of anilines is 1. The molecular formula is C17H14F3NO. The molecule has 1 aliphatic rings. The first-order chi connectivity index (χ1) is 10.5. The van der Waals surface area contributed by atoms with Crippen molar-refractivity contribution in [3.63, 3.8) is 0 Å². The fourth-order valence-corrected chi connectivity index (χ4v) is 2.84. The molecule has 22 heavy (non-hydrogen) atoms. The zero-order valence-electron chi connectivity index (χ0n) is 11.7. The van der Waals surface area contributed by atoms with Gasteiger partial charge in [-0.25, -0.2) is 13.2 Å². The lowest BCUT2D eigenvalue weighted by Crippen LogP contribution is -2.46. The van der Waals surface area contributed by atoms with E-state index in [2.05, 4.69) is 5.32 Å². The van der Waals surface area contributed by atoms with E-state index in [1.807, 2.05) is 0 Å². The molecule has 0 saturated heterocycles. The van der Waals surface area contributed by atoms with E-state index >= 15 is 0 Å². The van der Waals surface area contributed by atoms with Crippen molar-refractivity contribution in [3.05, 3.63) is 65.5 Å². The second-order valence-corrected chi connectivity index (χ2v) is 5.56. The topological polar surface area (TPSA) is 29.1 Å². The van der Waals surface area contributed by atoms with Gasteiger partial charge >= 0.3 is 0 Å². The van der Waals surface area contributed by atoms with Gasteiger partial charge in [0.05, 0.1) is 5.41 Å². The van der Waals surface area contributed by atoms with Gasteiger partial charge in [-0.05, 0) is 42.7 Å². The fourth-order valence-electron chi connectivity index (χ4n) is 2.84. The van der Waals surface area contributed by atoms with Crippen LogP contribution >= 0.6 is 0 Å². The SMILES string of the molecule is O=C(Nc1cc(F)cc(F)c1)C1(c2cccc(F)c2)CCC1. The first-order valence-electron chi connectivity index (χ1n) is 7.03. The Morgan fingerprint density at radius 3 is 2.18 bits per heavy atom. The van der Waals surface area contributed by atoms with Crippen molar-refractivity contribution in [2.75, 3.05) is 5.32 Å². The summed E-state index contributed by atoms with van der Waals surface area (Å²) in [6.07, 6.45) is 2.02. The molecule has 0 spiro atoms. The number of carbonyl (C=O) groups is 1. The summed E-state index contributed by atoms with van der Waals surface area (Å²) in [5, 5.41) is 2.54. The molecule has 0 radical (unpaired) electrons. The first-order valence-corrected chi connectivity index (χ1v) is 7.03. The van der Waals surface area contributed by atoms with E-state index in [1.165, 1.54) is 12.1 Å². The molecule has 1 amide bonds. The lowest BCUT2D eigenvalue weighted by atomic mass is 9.63. The maximum absolute atomic E-state index is 13.4. The third kappa shape index (κ3) is 2.58. The molecule has 0 aromatic heterocycles. The van der Waals surface area contributed by atoms with E-state index in [-0.39, 0.29) is 11.6 Å². The molecule has 0 bridgehead atoms. The highest BCUT2D eigenvalue weighted by molar-refractivity contribution is 5.99. The molecule has 2 aromatic rings. The Balaban J connectivity index is 1.89. The van der Waals surface area contributed by atoms with Crippen LogP contribution in [0.2, 0.25) is 0 Å². The smallest absolute Gasteiger partial charge is 0.235 e. The number of hydrogen-bond donors (Lipinski definition) is 1. The molecule has 0 atom stereocenters. The molecule has 0 unspecified atom stereocenters. The van der Waals surface area contributed by atoms with Crippen molar-refractivity contribution in [1.29, 1.82) is 0 Å². The molecule has 5 heteroatoms. The fraction of sp³-hybridized carbons (Fsp3) is 0.235. The minimum atomic E-state index is -0.828.